The Balaban J connectivity index is 2.02. The molecule has 5 nitrogen and oxygen atoms in total. The lowest BCUT2D eigenvalue weighted by molar-refractivity contribution is 0.194. The molecule has 0 amide bonds. The first-order valence-electron chi connectivity index (χ1n) is 6.63. The van der Waals surface area contributed by atoms with Gasteiger partial charge in [-0.05, 0) is 24.1 Å². The second kappa shape index (κ2) is 5.66. The molecule has 8 heteroatoms. The monoisotopic (exact) mass is 326 g/mol. The maximum absolute atomic E-state index is 13.5. The van der Waals surface area contributed by atoms with Crippen molar-refractivity contribution in [3.05, 3.63) is 46.7 Å². The summed E-state index contributed by atoms with van der Waals surface area (Å²) in [5, 5.41) is 10.1. The lowest BCUT2D eigenvalue weighted by Crippen LogP contribution is -2.26. The van der Waals surface area contributed by atoms with Gasteiger partial charge in [0.25, 0.3) is 0 Å². The van der Waals surface area contributed by atoms with Crippen molar-refractivity contribution in [3.63, 3.8) is 0 Å². The Morgan fingerprint density at radius 1 is 1.27 bits per heavy atom. The van der Waals surface area contributed by atoms with E-state index in [0.29, 0.717) is 17.8 Å². The number of β-amino-alcohol motifs (C(OH)–C–C–N with tert-alkyl or cyclic N) is 1. The van der Waals surface area contributed by atoms with Gasteiger partial charge < -0.3 is 15.7 Å². The zero-order valence-corrected chi connectivity index (χ0v) is 12.1. The van der Waals surface area contributed by atoms with Crippen molar-refractivity contribution in [3.8, 4) is 0 Å². The number of halogens is 3. The van der Waals surface area contributed by atoms with Crippen molar-refractivity contribution in [2.24, 2.45) is 0 Å². The number of aliphatic hydroxyl groups excluding tert-OH is 1. The van der Waals surface area contributed by atoms with Gasteiger partial charge in [-0.1, -0.05) is 17.7 Å². The number of benzene rings is 1. The molecule has 1 aromatic heterocycles. The van der Waals surface area contributed by atoms with Crippen molar-refractivity contribution in [2.45, 2.75) is 18.6 Å². The summed E-state index contributed by atoms with van der Waals surface area (Å²) in [6, 6.07) is 3.27. The van der Waals surface area contributed by atoms with Gasteiger partial charge in [-0.3, -0.25) is 0 Å². The van der Waals surface area contributed by atoms with Crippen LogP contribution in [0.15, 0.2) is 24.5 Å². The van der Waals surface area contributed by atoms with Crippen molar-refractivity contribution < 1.29 is 13.9 Å². The molecule has 3 rings (SSSR count). The topological polar surface area (TPSA) is 75.3 Å². The van der Waals surface area contributed by atoms with Gasteiger partial charge in [0.1, 0.15) is 17.2 Å². The first kappa shape index (κ1) is 14.9. The Hall–Kier alpha value is -1.99. The minimum atomic E-state index is -0.938. The van der Waals surface area contributed by atoms with Crippen LogP contribution < -0.4 is 10.6 Å². The number of hydrogen-bond acceptors (Lipinski definition) is 5. The van der Waals surface area contributed by atoms with Gasteiger partial charge in [-0.25, -0.2) is 18.7 Å². The predicted octanol–water partition coefficient (Wildman–Crippen LogP) is 2.30. The Bertz CT molecular complexity index is 715. The lowest BCUT2D eigenvalue weighted by atomic mass is 10.0. The Morgan fingerprint density at radius 2 is 2.05 bits per heavy atom. The zero-order valence-electron chi connectivity index (χ0n) is 11.4. The summed E-state index contributed by atoms with van der Waals surface area (Å²) in [5.41, 5.74) is 6.20. The van der Waals surface area contributed by atoms with Crippen LogP contribution in [0.2, 0.25) is 5.02 Å². The molecule has 1 fully saturated rings. The van der Waals surface area contributed by atoms with Crippen LogP contribution in [-0.4, -0.2) is 27.7 Å². The number of aromatic nitrogens is 2. The fraction of sp³-hybridized carbons (Fsp3) is 0.286. The van der Waals surface area contributed by atoms with E-state index in [1.165, 1.54) is 12.4 Å². The molecule has 0 radical (unpaired) electrons. The molecule has 1 aliphatic heterocycles. The summed E-state index contributed by atoms with van der Waals surface area (Å²) >= 11 is 6.12. The van der Waals surface area contributed by atoms with E-state index in [0.717, 1.165) is 12.1 Å². The average molecular weight is 327 g/mol. The minimum absolute atomic E-state index is 0.122. The van der Waals surface area contributed by atoms with Crippen LogP contribution in [0, 0.1) is 11.6 Å². The molecule has 0 saturated carbocycles. The third-order valence-corrected chi connectivity index (χ3v) is 4.04. The smallest absolute Gasteiger partial charge is 0.159 e. The number of anilines is 2. The standard InChI is InChI=1S/C14H13ClF2N4O/c15-12-13(18)19-6-20-14(12)21-5-8(22)4-11(21)7-1-2-9(16)10(17)3-7/h1-3,6,8,11,22H,4-5H2,(H2,18,19,20)/t8-,11+/m1/s1. The van der Waals surface area contributed by atoms with Crippen LogP contribution in [0.4, 0.5) is 20.4 Å². The number of nitrogens with zero attached hydrogens (tertiary/aromatic N) is 3. The Morgan fingerprint density at radius 3 is 2.77 bits per heavy atom. The predicted molar refractivity (Wildman–Crippen MR) is 78.5 cm³/mol. The molecule has 2 aromatic rings. The molecule has 2 heterocycles. The van der Waals surface area contributed by atoms with Crippen molar-refractivity contribution in [2.75, 3.05) is 17.2 Å². The summed E-state index contributed by atoms with van der Waals surface area (Å²) < 4.78 is 26.6. The summed E-state index contributed by atoms with van der Waals surface area (Å²) in [5.74, 6) is -1.37. The van der Waals surface area contributed by atoms with E-state index in [9.17, 15) is 13.9 Å². The van der Waals surface area contributed by atoms with Gasteiger partial charge in [0, 0.05) is 6.54 Å². The average Bonchev–Trinajstić information content (AvgIpc) is 2.86. The lowest BCUT2D eigenvalue weighted by Gasteiger charge is -2.26. The molecule has 22 heavy (non-hydrogen) atoms. The molecule has 1 saturated heterocycles. The third-order valence-electron chi connectivity index (χ3n) is 3.68. The molecule has 2 atom stereocenters. The normalized spacial score (nSPS) is 21.4. The van der Waals surface area contributed by atoms with Crippen LogP contribution in [0.25, 0.3) is 0 Å². The molecule has 0 bridgehead atoms. The number of hydrogen-bond donors (Lipinski definition) is 2. The van der Waals surface area contributed by atoms with E-state index in [4.69, 9.17) is 17.3 Å². The highest BCUT2D eigenvalue weighted by Crippen LogP contribution is 2.39. The van der Waals surface area contributed by atoms with Crippen LogP contribution >= 0.6 is 11.6 Å². The summed E-state index contributed by atoms with van der Waals surface area (Å²) in [4.78, 5) is 9.60. The van der Waals surface area contributed by atoms with E-state index in [1.807, 2.05) is 0 Å². The zero-order chi connectivity index (χ0) is 15.9. The van der Waals surface area contributed by atoms with Crippen LogP contribution in [0.1, 0.15) is 18.0 Å². The number of rotatable bonds is 2. The van der Waals surface area contributed by atoms with Crippen LogP contribution in [0.5, 0.6) is 0 Å². The fourth-order valence-corrected chi connectivity index (χ4v) is 2.86. The summed E-state index contributed by atoms with van der Waals surface area (Å²) in [7, 11) is 0. The molecule has 0 spiro atoms. The van der Waals surface area contributed by atoms with Crippen molar-refractivity contribution in [1.29, 1.82) is 0 Å². The SMILES string of the molecule is Nc1ncnc(N2C[C@H](O)C[C@H]2c2ccc(F)c(F)c2)c1Cl. The highest BCUT2D eigenvalue weighted by Gasteiger charge is 2.34. The second-order valence-corrected chi connectivity index (χ2v) is 5.51. The highest BCUT2D eigenvalue weighted by atomic mass is 35.5. The number of nitrogen functional groups attached to an aromatic ring is 1. The Labute approximate surface area is 130 Å². The van der Waals surface area contributed by atoms with E-state index in [1.54, 1.807) is 4.90 Å². The first-order valence-corrected chi connectivity index (χ1v) is 7.00. The van der Waals surface area contributed by atoms with Gasteiger partial charge in [0.05, 0.1) is 12.1 Å². The highest BCUT2D eigenvalue weighted by molar-refractivity contribution is 6.35. The van der Waals surface area contributed by atoms with Gasteiger partial charge in [-0.2, -0.15) is 0 Å². The van der Waals surface area contributed by atoms with E-state index < -0.39 is 17.7 Å². The molecule has 0 unspecified atom stereocenters. The second-order valence-electron chi connectivity index (χ2n) is 5.13. The Kier molecular flexibility index (Phi) is 3.84. The van der Waals surface area contributed by atoms with E-state index in [-0.39, 0.29) is 23.4 Å². The molecular weight excluding hydrogens is 314 g/mol. The molecule has 1 aromatic carbocycles. The largest absolute Gasteiger partial charge is 0.391 e. The molecule has 1 aliphatic rings. The quantitative estimate of drug-likeness (QED) is 0.885. The first-order chi connectivity index (χ1) is 10.5. The summed E-state index contributed by atoms with van der Waals surface area (Å²) in [6.45, 7) is 0.264. The maximum atomic E-state index is 13.5. The van der Waals surface area contributed by atoms with Gasteiger partial charge >= 0.3 is 0 Å². The molecule has 116 valence electrons. The van der Waals surface area contributed by atoms with Gasteiger partial charge in [0.2, 0.25) is 0 Å². The van der Waals surface area contributed by atoms with Crippen LogP contribution in [-0.2, 0) is 0 Å². The van der Waals surface area contributed by atoms with Crippen molar-refractivity contribution in [1.82, 2.24) is 9.97 Å². The number of nitrogens with two attached hydrogens (primary N) is 1. The summed E-state index contributed by atoms with van der Waals surface area (Å²) in [6.07, 6.45) is 0.986. The van der Waals surface area contributed by atoms with E-state index >= 15 is 0 Å². The molecule has 3 N–H and O–H groups in total. The fourth-order valence-electron chi connectivity index (χ4n) is 2.66. The van der Waals surface area contributed by atoms with E-state index in [2.05, 4.69) is 9.97 Å². The molecular formula is C14H13ClF2N4O. The van der Waals surface area contributed by atoms with Gasteiger partial charge in [0.15, 0.2) is 17.5 Å². The minimum Gasteiger partial charge on any atom is -0.391 e. The van der Waals surface area contributed by atoms with Crippen molar-refractivity contribution >= 4 is 23.2 Å². The molecule has 0 aliphatic carbocycles. The van der Waals surface area contributed by atoms with Crippen LogP contribution in [0.3, 0.4) is 0 Å². The number of aliphatic hydroxyl groups is 1. The van der Waals surface area contributed by atoms with Gasteiger partial charge in [-0.15, -0.1) is 0 Å². The maximum Gasteiger partial charge on any atom is 0.159 e. The third kappa shape index (κ3) is 2.57.